The van der Waals surface area contributed by atoms with Gasteiger partial charge in [-0.05, 0) is 50.8 Å². The number of nitro groups is 1. The Labute approximate surface area is 164 Å². The van der Waals surface area contributed by atoms with Crippen molar-refractivity contribution in [2.45, 2.75) is 39.2 Å². The van der Waals surface area contributed by atoms with Crippen LogP contribution >= 0.6 is 0 Å². The molecule has 1 fully saturated rings. The molecule has 1 saturated carbocycles. The molecule has 0 aliphatic heterocycles. The molecule has 0 saturated heterocycles. The highest BCUT2D eigenvalue weighted by Crippen LogP contribution is 2.50. The van der Waals surface area contributed by atoms with Gasteiger partial charge in [0.1, 0.15) is 0 Å². The van der Waals surface area contributed by atoms with Gasteiger partial charge in [0.25, 0.3) is 5.69 Å². The van der Waals surface area contributed by atoms with E-state index in [9.17, 15) is 14.9 Å². The molecule has 0 heterocycles. The van der Waals surface area contributed by atoms with E-state index in [0.29, 0.717) is 0 Å². The van der Waals surface area contributed by atoms with E-state index in [1.807, 2.05) is 51.1 Å². The topological polar surface area (TPSA) is 69.4 Å². The van der Waals surface area contributed by atoms with Crippen LogP contribution in [0.1, 0.15) is 44.2 Å². The lowest BCUT2D eigenvalue weighted by atomic mass is 9.97. The van der Waals surface area contributed by atoms with Crippen LogP contribution in [0.25, 0.3) is 0 Å². The predicted molar refractivity (Wildman–Crippen MR) is 107 cm³/mol. The molecule has 1 aliphatic rings. The standard InChI is InChI=1S/C23H23NO4/c1-23(2,3)22(25)28-21(14-9-16-7-5-4-6-8-16)20-15-19(20)17-10-12-18(13-11-17)24(26)27/h4-8,10-13,19-21H,15H2,1-3H3/t19-,20-,21+/m1/s1. The van der Waals surface area contributed by atoms with Crippen molar-refractivity contribution >= 4 is 11.7 Å². The van der Waals surface area contributed by atoms with E-state index in [4.69, 9.17) is 4.74 Å². The maximum absolute atomic E-state index is 12.4. The van der Waals surface area contributed by atoms with Gasteiger partial charge < -0.3 is 4.74 Å². The molecule has 5 heteroatoms. The van der Waals surface area contributed by atoms with Crippen LogP contribution in [-0.4, -0.2) is 17.0 Å². The fourth-order valence-corrected chi connectivity index (χ4v) is 2.97. The molecule has 2 aromatic carbocycles. The summed E-state index contributed by atoms with van der Waals surface area (Å²) in [5.41, 5.74) is 1.34. The van der Waals surface area contributed by atoms with Crippen molar-refractivity contribution in [3.8, 4) is 11.8 Å². The second-order valence-corrected chi connectivity index (χ2v) is 8.07. The van der Waals surface area contributed by atoms with E-state index in [-0.39, 0.29) is 23.5 Å². The zero-order valence-corrected chi connectivity index (χ0v) is 16.2. The van der Waals surface area contributed by atoms with Gasteiger partial charge in [-0.1, -0.05) is 42.2 Å². The minimum Gasteiger partial charge on any atom is -0.448 e. The molecule has 0 unspecified atom stereocenters. The summed E-state index contributed by atoms with van der Waals surface area (Å²) in [6.45, 7) is 5.45. The third kappa shape index (κ3) is 4.77. The summed E-state index contributed by atoms with van der Waals surface area (Å²) < 4.78 is 5.75. The zero-order chi connectivity index (χ0) is 20.3. The average molecular weight is 377 g/mol. The third-order valence-electron chi connectivity index (χ3n) is 4.74. The zero-order valence-electron chi connectivity index (χ0n) is 16.2. The second-order valence-electron chi connectivity index (χ2n) is 8.07. The lowest BCUT2D eigenvalue weighted by Gasteiger charge is -2.20. The summed E-state index contributed by atoms with van der Waals surface area (Å²) >= 11 is 0. The molecular weight excluding hydrogens is 354 g/mol. The minimum atomic E-state index is -0.607. The number of esters is 1. The van der Waals surface area contributed by atoms with Crippen LogP contribution in [-0.2, 0) is 9.53 Å². The summed E-state index contributed by atoms with van der Waals surface area (Å²) in [6, 6.07) is 16.1. The van der Waals surface area contributed by atoms with Crippen LogP contribution in [0, 0.1) is 33.3 Å². The average Bonchev–Trinajstić information content (AvgIpc) is 3.45. The van der Waals surface area contributed by atoms with Crippen molar-refractivity contribution in [3.63, 3.8) is 0 Å². The van der Waals surface area contributed by atoms with Crippen LogP contribution < -0.4 is 0 Å². The normalized spacial score (nSPS) is 19.1. The number of rotatable bonds is 4. The molecule has 3 atom stereocenters. The van der Waals surface area contributed by atoms with Crippen LogP contribution in [0.15, 0.2) is 54.6 Å². The highest BCUT2D eigenvalue weighted by molar-refractivity contribution is 5.76. The van der Waals surface area contributed by atoms with E-state index in [0.717, 1.165) is 17.5 Å². The summed E-state index contributed by atoms with van der Waals surface area (Å²) in [7, 11) is 0. The molecule has 0 aromatic heterocycles. The Morgan fingerprint density at radius 1 is 1.14 bits per heavy atom. The van der Waals surface area contributed by atoms with E-state index >= 15 is 0 Å². The van der Waals surface area contributed by atoms with Crippen molar-refractivity contribution in [2.75, 3.05) is 0 Å². The van der Waals surface area contributed by atoms with Crippen molar-refractivity contribution in [3.05, 3.63) is 75.8 Å². The Balaban J connectivity index is 1.78. The molecule has 0 spiro atoms. The van der Waals surface area contributed by atoms with Crippen molar-refractivity contribution < 1.29 is 14.5 Å². The summed E-state index contributed by atoms with van der Waals surface area (Å²) in [5.74, 6) is 6.22. The molecule has 0 N–H and O–H groups in total. The lowest BCUT2D eigenvalue weighted by Crippen LogP contribution is -2.29. The first-order valence-electron chi connectivity index (χ1n) is 9.28. The molecular formula is C23H23NO4. The number of ether oxygens (including phenoxy) is 1. The number of nitro benzene ring substituents is 1. The maximum atomic E-state index is 12.4. The molecule has 1 aliphatic carbocycles. The molecule has 0 amide bonds. The molecule has 28 heavy (non-hydrogen) atoms. The molecule has 144 valence electrons. The first-order valence-corrected chi connectivity index (χ1v) is 9.28. The minimum absolute atomic E-state index is 0.0699. The van der Waals surface area contributed by atoms with Crippen molar-refractivity contribution in [1.82, 2.24) is 0 Å². The van der Waals surface area contributed by atoms with Gasteiger partial charge in [-0.25, -0.2) is 0 Å². The number of non-ortho nitro benzene ring substituents is 1. The summed E-state index contributed by atoms with van der Waals surface area (Å²) in [6.07, 6.45) is 0.329. The van der Waals surface area contributed by atoms with Gasteiger partial charge in [0.05, 0.1) is 10.3 Å². The number of hydrogen-bond acceptors (Lipinski definition) is 4. The first kappa shape index (κ1) is 19.6. The van der Waals surface area contributed by atoms with Gasteiger partial charge >= 0.3 is 5.97 Å². The van der Waals surface area contributed by atoms with Crippen molar-refractivity contribution in [1.29, 1.82) is 0 Å². The molecule has 0 radical (unpaired) electrons. The van der Waals surface area contributed by atoms with Gasteiger partial charge in [0, 0.05) is 23.6 Å². The Hall–Kier alpha value is -3.13. The van der Waals surface area contributed by atoms with Crippen LogP contribution in [0.3, 0.4) is 0 Å². The lowest BCUT2D eigenvalue weighted by molar-refractivity contribution is -0.384. The number of benzene rings is 2. The quantitative estimate of drug-likeness (QED) is 0.335. The maximum Gasteiger partial charge on any atom is 0.312 e. The molecule has 2 aromatic rings. The number of hydrogen-bond donors (Lipinski definition) is 0. The molecule has 3 rings (SSSR count). The smallest absolute Gasteiger partial charge is 0.312 e. The first-order chi connectivity index (χ1) is 13.3. The fraction of sp³-hybridized carbons (Fsp3) is 0.348. The Kier molecular flexibility index (Phi) is 5.51. The number of nitrogens with zero attached hydrogens (tertiary/aromatic N) is 1. The van der Waals surface area contributed by atoms with E-state index in [1.54, 1.807) is 12.1 Å². The largest absolute Gasteiger partial charge is 0.448 e. The van der Waals surface area contributed by atoms with E-state index in [1.165, 1.54) is 12.1 Å². The van der Waals surface area contributed by atoms with Gasteiger partial charge in [-0.3, -0.25) is 14.9 Å². The van der Waals surface area contributed by atoms with Crippen LogP contribution in [0.2, 0.25) is 0 Å². The second kappa shape index (κ2) is 7.85. The summed E-state index contributed by atoms with van der Waals surface area (Å²) in [4.78, 5) is 22.8. The SMILES string of the molecule is CC(C)(C)C(=O)O[C@@H](C#Cc1ccccc1)[C@@H]1C[C@@H]1c1ccc([N+](=O)[O-])cc1. The third-order valence-corrected chi connectivity index (χ3v) is 4.74. The van der Waals surface area contributed by atoms with Crippen LogP contribution in [0.5, 0.6) is 0 Å². The van der Waals surface area contributed by atoms with Crippen molar-refractivity contribution in [2.24, 2.45) is 11.3 Å². The van der Waals surface area contributed by atoms with E-state index in [2.05, 4.69) is 11.8 Å². The predicted octanol–water partition coefficient (Wildman–Crippen LogP) is 4.71. The van der Waals surface area contributed by atoms with Gasteiger partial charge in [0.15, 0.2) is 6.10 Å². The highest BCUT2D eigenvalue weighted by atomic mass is 16.6. The Morgan fingerprint density at radius 2 is 1.79 bits per heavy atom. The van der Waals surface area contributed by atoms with E-state index < -0.39 is 16.4 Å². The van der Waals surface area contributed by atoms with Gasteiger partial charge in [-0.15, -0.1) is 0 Å². The number of carbonyl (C=O) groups is 1. The number of carbonyl (C=O) groups excluding carboxylic acids is 1. The van der Waals surface area contributed by atoms with Crippen LogP contribution in [0.4, 0.5) is 5.69 Å². The monoisotopic (exact) mass is 377 g/mol. The highest BCUT2D eigenvalue weighted by Gasteiger charge is 2.46. The molecule has 5 nitrogen and oxygen atoms in total. The van der Waals surface area contributed by atoms with Gasteiger partial charge in [0.2, 0.25) is 0 Å². The molecule has 0 bridgehead atoms. The Morgan fingerprint density at radius 3 is 2.36 bits per heavy atom. The summed E-state index contributed by atoms with van der Waals surface area (Å²) in [5, 5.41) is 10.8. The fourth-order valence-electron chi connectivity index (χ4n) is 2.97. The Bertz CT molecular complexity index is 917. The van der Waals surface area contributed by atoms with Gasteiger partial charge in [-0.2, -0.15) is 0 Å².